The van der Waals surface area contributed by atoms with Crippen LogP contribution in [0.5, 0.6) is 5.75 Å². The van der Waals surface area contributed by atoms with E-state index in [1.807, 2.05) is 6.92 Å². The number of methoxy groups -OCH3 is 1. The molecule has 0 radical (unpaired) electrons. The SMILES string of the molecule is COc1cc(Cl)cc(C(=O)C(C)N)c1C. The van der Waals surface area contributed by atoms with Crippen molar-refractivity contribution in [2.75, 3.05) is 7.11 Å². The molecule has 1 aromatic carbocycles. The summed E-state index contributed by atoms with van der Waals surface area (Å²) >= 11 is 5.88. The Kier molecular flexibility index (Phi) is 3.72. The third kappa shape index (κ3) is 2.49. The lowest BCUT2D eigenvalue weighted by atomic mass is 10.00. The van der Waals surface area contributed by atoms with Crippen molar-refractivity contribution in [2.24, 2.45) is 5.73 Å². The van der Waals surface area contributed by atoms with E-state index in [1.54, 1.807) is 26.2 Å². The highest BCUT2D eigenvalue weighted by atomic mass is 35.5. The first-order chi connectivity index (χ1) is 6.97. The number of carbonyl (C=O) groups is 1. The molecule has 2 N–H and O–H groups in total. The van der Waals surface area contributed by atoms with Crippen molar-refractivity contribution >= 4 is 17.4 Å². The van der Waals surface area contributed by atoms with E-state index in [-0.39, 0.29) is 5.78 Å². The van der Waals surface area contributed by atoms with E-state index in [0.717, 1.165) is 5.56 Å². The number of Topliss-reactive ketones (excluding diaryl/α,β-unsaturated/α-hetero) is 1. The Labute approximate surface area is 94.2 Å². The van der Waals surface area contributed by atoms with Gasteiger partial charge in [0.2, 0.25) is 0 Å². The summed E-state index contributed by atoms with van der Waals surface area (Å²) in [6, 6.07) is 2.76. The van der Waals surface area contributed by atoms with Crippen molar-refractivity contribution in [1.29, 1.82) is 0 Å². The van der Waals surface area contributed by atoms with Crippen LogP contribution in [0.2, 0.25) is 5.02 Å². The van der Waals surface area contributed by atoms with Crippen LogP contribution in [0.15, 0.2) is 12.1 Å². The average molecular weight is 228 g/mol. The van der Waals surface area contributed by atoms with Gasteiger partial charge in [0.15, 0.2) is 5.78 Å². The lowest BCUT2D eigenvalue weighted by Crippen LogP contribution is -2.27. The van der Waals surface area contributed by atoms with E-state index in [4.69, 9.17) is 22.1 Å². The van der Waals surface area contributed by atoms with Crippen LogP contribution in [0.4, 0.5) is 0 Å². The van der Waals surface area contributed by atoms with Crippen LogP contribution < -0.4 is 10.5 Å². The van der Waals surface area contributed by atoms with Gasteiger partial charge in [-0.25, -0.2) is 0 Å². The molecule has 1 rings (SSSR count). The summed E-state index contributed by atoms with van der Waals surface area (Å²) in [4.78, 5) is 11.7. The first kappa shape index (κ1) is 12.0. The van der Waals surface area contributed by atoms with Gasteiger partial charge in [0, 0.05) is 16.1 Å². The maximum Gasteiger partial charge on any atom is 0.179 e. The van der Waals surface area contributed by atoms with Gasteiger partial charge in [0.05, 0.1) is 13.2 Å². The maximum atomic E-state index is 11.7. The number of nitrogens with two attached hydrogens (primary N) is 1. The smallest absolute Gasteiger partial charge is 0.179 e. The molecule has 0 aliphatic carbocycles. The minimum absolute atomic E-state index is 0.131. The van der Waals surface area contributed by atoms with Crippen LogP contribution in [-0.4, -0.2) is 18.9 Å². The van der Waals surface area contributed by atoms with Crippen LogP contribution in [-0.2, 0) is 0 Å². The topological polar surface area (TPSA) is 52.3 Å². The molecule has 82 valence electrons. The molecule has 1 atom stereocenters. The van der Waals surface area contributed by atoms with Crippen molar-refractivity contribution in [3.8, 4) is 5.75 Å². The molecule has 0 aromatic heterocycles. The first-order valence-electron chi connectivity index (χ1n) is 4.61. The Morgan fingerprint density at radius 1 is 1.53 bits per heavy atom. The number of benzene rings is 1. The van der Waals surface area contributed by atoms with Gasteiger partial charge >= 0.3 is 0 Å². The van der Waals surface area contributed by atoms with Gasteiger partial charge in [0.25, 0.3) is 0 Å². The molecule has 0 amide bonds. The summed E-state index contributed by atoms with van der Waals surface area (Å²) in [7, 11) is 1.54. The van der Waals surface area contributed by atoms with Crippen molar-refractivity contribution < 1.29 is 9.53 Å². The third-order valence-corrected chi connectivity index (χ3v) is 2.44. The van der Waals surface area contributed by atoms with E-state index in [0.29, 0.717) is 16.3 Å². The Balaban J connectivity index is 3.29. The van der Waals surface area contributed by atoms with Crippen molar-refractivity contribution in [2.45, 2.75) is 19.9 Å². The van der Waals surface area contributed by atoms with E-state index in [1.165, 1.54) is 0 Å². The van der Waals surface area contributed by atoms with Crippen LogP contribution in [0.1, 0.15) is 22.8 Å². The van der Waals surface area contributed by atoms with E-state index in [2.05, 4.69) is 0 Å². The zero-order valence-corrected chi connectivity index (χ0v) is 9.76. The quantitative estimate of drug-likeness (QED) is 0.806. The predicted molar refractivity (Wildman–Crippen MR) is 60.7 cm³/mol. The Morgan fingerprint density at radius 2 is 2.13 bits per heavy atom. The molecule has 0 heterocycles. The highest BCUT2D eigenvalue weighted by molar-refractivity contribution is 6.31. The molecule has 0 aliphatic rings. The third-order valence-electron chi connectivity index (χ3n) is 2.22. The average Bonchev–Trinajstić information content (AvgIpc) is 2.19. The number of carbonyl (C=O) groups excluding carboxylic acids is 1. The molecule has 0 spiro atoms. The maximum absolute atomic E-state index is 11.7. The minimum atomic E-state index is -0.535. The van der Waals surface area contributed by atoms with Gasteiger partial charge in [-0.05, 0) is 26.0 Å². The predicted octanol–water partition coefficient (Wildman–Crippen LogP) is 2.19. The number of halogens is 1. The van der Waals surface area contributed by atoms with Gasteiger partial charge in [0.1, 0.15) is 5.75 Å². The van der Waals surface area contributed by atoms with Crippen molar-refractivity contribution in [3.05, 3.63) is 28.3 Å². The molecule has 3 nitrogen and oxygen atoms in total. The standard InChI is InChI=1S/C11H14ClNO2/c1-6-9(11(14)7(2)13)4-8(12)5-10(6)15-3/h4-5,7H,13H2,1-3H3. The summed E-state index contributed by atoms with van der Waals surface area (Å²) in [6.07, 6.45) is 0. The van der Waals surface area contributed by atoms with Gasteiger partial charge in [-0.1, -0.05) is 11.6 Å². The van der Waals surface area contributed by atoms with Crippen LogP contribution in [0, 0.1) is 6.92 Å². The second-order valence-electron chi connectivity index (χ2n) is 3.43. The summed E-state index contributed by atoms with van der Waals surface area (Å²) in [5.41, 5.74) is 6.84. The summed E-state index contributed by atoms with van der Waals surface area (Å²) in [5, 5.41) is 0.474. The second-order valence-corrected chi connectivity index (χ2v) is 3.87. The number of ketones is 1. The Hall–Kier alpha value is -1.06. The number of rotatable bonds is 3. The normalized spacial score (nSPS) is 12.3. The zero-order chi connectivity index (χ0) is 11.6. The van der Waals surface area contributed by atoms with Crippen LogP contribution in [0.25, 0.3) is 0 Å². The zero-order valence-electron chi connectivity index (χ0n) is 9.00. The number of hydrogen-bond acceptors (Lipinski definition) is 3. The highest BCUT2D eigenvalue weighted by Crippen LogP contribution is 2.27. The Morgan fingerprint density at radius 3 is 2.60 bits per heavy atom. The highest BCUT2D eigenvalue weighted by Gasteiger charge is 2.16. The first-order valence-corrected chi connectivity index (χ1v) is 4.99. The van der Waals surface area contributed by atoms with E-state index < -0.39 is 6.04 Å². The fourth-order valence-corrected chi connectivity index (χ4v) is 1.58. The van der Waals surface area contributed by atoms with E-state index in [9.17, 15) is 4.79 Å². The minimum Gasteiger partial charge on any atom is -0.496 e. The number of hydrogen-bond donors (Lipinski definition) is 1. The molecule has 0 aliphatic heterocycles. The van der Waals surface area contributed by atoms with Gasteiger partial charge in [-0.3, -0.25) is 4.79 Å². The monoisotopic (exact) mass is 227 g/mol. The van der Waals surface area contributed by atoms with Crippen LogP contribution in [0.3, 0.4) is 0 Å². The summed E-state index contributed by atoms with van der Waals surface area (Å²) in [6.45, 7) is 3.46. The van der Waals surface area contributed by atoms with Crippen molar-refractivity contribution in [3.63, 3.8) is 0 Å². The Bertz CT molecular complexity index is 388. The van der Waals surface area contributed by atoms with Crippen molar-refractivity contribution in [1.82, 2.24) is 0 Å². The molecule has 0 saturated carbocycles. The van der Waals surface area contributed by atoms with E-state index >= 15 is 0 Å². The molecular weight excluding hydrogens is 214 g/mol. The molecule has 15 heavy (non-hydrogen) atoms. The number of ether oxygens (including phenoxy) is 1. The fourth-order valence-electron chi connectivity index (χ4n) is 1.37. The molecular formula is C11H14ClNO2. The van der Waals surface area contributed by atoms with Gasteiger partial charge < -0.3 is 10.5 Å². The van der Waals surface area contributed by atoms with Crippen LogP contribution >= 0.6 is 11.6 Å². The lowest BCUT2D eigenvalue weighted by molar-refractivity contribution is 0.0967. The largest absolute Gasteiger partial charge is 0.496 e. The molecule has 0 fully saturated rings. The molecule has 0 bridgehead atoms. The molecule has 4 heteroatoms. The second kappa shape index (κ2) is 4.64. The fraction of sp³-hybridized carbons (Fsp3) is 0.364. The van der Waals surface area contributed by atoms with Gasteiger partial charge in [-0.2, -0.15) is 0 Å². The lowest BCUT2D eigenvalue weighted by Gasteiger charge is -2.12. The molecule has 1 aromatic rings. The molecule has 0 saturated heterocycles. The van der Waals surface area contributed by atoms with Gasteiger partial charge in [-0.15, -0.1) is 0 Å². The summed E-state index contributed by atoms with van der Waals surface area (Å²) in [5.74, 6) is 0.472. The summed E-state index contributed by atoms with van der Waals surface area (Å²) < 4.78 is 5.12. The molecule has 1 unspecified atom stereocenters.